The molecule has 0 aliphatic carbocycles. The van der Waals surface area contributed by atoms with Crippen molar-refractivity contribution in [2.24, 2.45) is 0 Å². The lowest BCUT2D eigenvalue weighted by atomic mass is 10.4. The largest absolute Gasteiger partial charge is 0.469 e. The third-order valence-electron chi connectivity index (χ3n) is 1.13. The Bertz CT molecular complexity index is 264. The monoisotopic (exact) mass is 258 g/mol. The molecule has 0 atom stereocenters. The van der Waals surface area contributed by atoms with Gasteiger partial charge in [0.05, 0.1) is 13.2 Å². The standard InChI is InChI=1S/C7H13O6P.2H3N/c1-6(2)7(8)12-4-3-5-13-14(9,10)11;;/h1,3-5H2,2H3,(H2,9,10,11);2*1H3. The van der Waals surface area contributed by atoms with Crippen molar-refractivity contribution in [1.82, 2.24) is 12.3 Å². The van der Waals surface area contributed by atoms with Crippen molar-refractivity contribution in [2.45, 2.75) is 13.3 Å². The minimum Gasteiger partial charge on any atom is -0.462 e. The second-order valence-electron chi connectivity index (χ2n) is 2.59. The maximum atomic E-state index is 10.8. The smallest absolute Gasteiger partial charge is 0.462 e. The van der Waals surface area contributed by atoms with Crippen LogP contribution in [0.25, 0.3) is 0 Å². The van der Waals surface area contributed by atoms with E-state index in [2.05, 4.69) is 15.8 Å². The summed E-state index contributed by atoms with van der Waals surface area (Å²) >= 11 is 0. The van der Waals surface area contributed by atoms with E-state index < -0.39 is 13.8 Å². The van der Waals surface area contributed by atoms with Gasteiger partial charge in [-0.3, -0.25) is 4.52 Å². The van der Waals surface area contributed by atoms with Gasteiger partial charge in [0, 0.05) is 12.0 Å². The highest BCUT2D eigenvalue weighted by Crippen LogP contribution is 2.35. The predicted molar refractivity (Wildman–Crippen MR) is 58.4 cm³/mol. The van der Waals surface area contributed by atoms with E-state index in [9.17, 15) is 9.36 Å². The normalized spacial score (nSPS) is 9.69. The van der Waals surface area contributed by atoms with E-state index in [-0.39, 0.29) is 37.5 Å². The van der Waals surface area contributed by atoms with Crippen LogP contribution in [0.4, 0.5) is 0 Å². The van der Waals surface area contributed by atoms with E-state index in [4.69, 9.17) is 9.79 Å². The molecule has 0 amide bonds. The van der Waals surface area contributed by atoms with Gasteiger partial charge in [-0.05, 0) is 6.92 Å². The topological polar surface area (TPSA) is 163 Å². The summed E-state index contributed by atoms with van der Waals surface area (Å²) in [4.78, 5) is 27.3. The van der Waals surface area contributed by atoms with Crippen molar-refractivity contribution < 1.29 is 28.4 Å². The van der Waals surface area contributed by atoms with Crippen molar-refractivity contribution >= 4 is 13.8 Å². The highest BCUT2D eigenvalue weighted by molar-refractivity contribution is 7.46. The number of rotatable bonds is 6. The van der Waals surface area contributed by atoms with Gasteiger partial charge in [-0.15, -0.1) is 0 Å². The van der Waals surface area contributed by atoms with Crippen LogP contribution in [0, 0.1) is 0 Å². The van der Waals surface area contributed by atoms with Crippen molar-refractivity contribution in [3.63, 3.8) is 0 Å². The molecule has 98 valence electrons. The third-order valence-corrected chi connectivity index (χ3v) is 1.65. The van der Waals surface area contributed by atoms with E-state index in [1.54, 1.807) is 0 Å². The molecule has 16 heavy (non-hydrogen) atoms. The number of ether oxygens (including phenoxy) is 1. The Balaban J connectivity index is -0.000000845. The fourth-order valence-electron chi connectivity index (χ4n) is 0.530. The Morgan fingerprint density at radius 1 is 1.31 bits per heavy atom. The zero-order valence-electron chi connectivity index (χ0n) is 9.22. The first kappa shape index (κ1) is 20.6. The first-order valence-corrected chi connectivity index (χ1v) is 5.38. The van der Waals surface area contributed by atoms with Crippen LogP contribution in [-0.2, 0) is 18.6 Å². The van der Waals surface area contributed by atoms with E-state index >= 15 is 0 Å². The molecule has 0 aromatic heterocycles. The molecule has 0 saturated heterocycles. The Morgan fingerprint density at radius 2 is 1.81 bits per heavy atom. The van der Waals surface area contributed by atoms with Gasteiger partial charge >= 0.3 is 13.8 Å². The van der Waals surface area contributed by atoms with Gasteiger partial charge in [-0.1, -0.05) is 6.58 Å². The van der Waals surface area contributed by atoms with Crippen molar-refractivity contribution in [3.8, 4) is 0 Å². The number of carbonyl (C=O) groups is 1. The molecule has 0 saturated carbocycles. The Hall–Kier alpha value is -0.760. The Morgan fingerprint density at radius 3 is 2.19 bits per heavy atom. The highest BCUT2D eigenvalue weighted by Gasteiger charge is 2.12. The quantitative estimate of drug-likeness (QED) is 0.236. The molecule has 8 N–H and O–H groups in total. The molecule has 0 aromatic rings. The first-order chi connectivity index (χ1) is 6.33. The number of carbonyl (C=O) groups excluding carboxylic acids is 1. The van der Waals surface area contributed by atoms with Gasteiger partial charge in [0.25, 0.3) is 0 Å². The number of esters is 1. The molecule has 0 unspecified atom stereocenters. The molecular weight excluding hydrogens is 239 g/mol. The minimum atomic E-state index is -4.41. The molecule has 9 heteroatoms. The Labute approximate surface area is 94.0 Å². The van der Waals surface area contributed by atoms with Crippen molar-refractivity contribution in [3.05, 3.63) is 12.2 Å². The molecular formula is C7H19N2O6P. The first-order valence-electron chi connectivity index (χ1n) is 3.85. The summed E-state index contributed by atoms with van der Waals surface area (Å²) in [6.45, 7) is 4.76. The van der Waals surface area contributed by atoms with Crippen LogP contribution in [0.1, 0.15) is 13.3 Å². The summed E-state index contributed by atoms with van der Waals surface area (Å²) in [7, 11) is -4.41. The number of phosphoric ester groups is 1. The van der Waals surface area contributed by atoms with Crippen LogP contribution in [0.5, 0.6) is 0 Å². The molecule has 0 heterocycles. The lowest BCUT2D eigenvalue weighted by Crippen LogP contribution is -2.07. The van der Waals surface area contributed by atoms with Crippen molar-refractivity contribution in [1.29, 1.82) is 0 Å². The minimum absolute atomic E-state index is 0. The molecule has 0 rings (SSSR count). The molecule has 0 fully saturated rings. The molecule has 0 radical (unpaired) electrons. The maximum Gasteiger partial charge on any atom is 0.469 e. The summed E-state index contributed by atoms with van der Waals surface area (Å²) < 4.78 is 19.0. The molecule has 8 nitrogen and oxygen atoms in total. The fraction of sp³-hybridized carbons (Fsp3) is 0.571. The van der Waals surface area contributed by atoms with Crippen molar-refractivity contribution in [2.75, 3.05) is 13.2 Å². The van der Waals surface area contributed by atoms with Gasteiger partial charge in [0.1, 0.15) is 0 Å². The molecule has 0 aliphatic heterocycles. The molecule has 0 bridgehead atoms. The molecule has 0 aromatic carbocycles. The lowest BCUT2D eigenvalue weighted by Gasteiger charge is -2.05. The fourth-order valence-corrected chi connectivity index (χ4v) is 0.897. The van der Waals surface area contributed by atoms with E-state index in [0.717, 1.165) is 0 Å². The Kier molecular flexibility index (Phi) is 12.2. The summed E-state index contributed by atoms with van der Waals surface area (Å²) in [6.07, 6.45) is 0.226. The summed E-state index contributed by atoms with van der Waals surface area (Å²) in [5.41, 5.74) is 0.279. The van der Waals surface area contributed by atoms with E-state index in [1.165, 1.54) is 6.92 Å². The highest BCUT2D eigenvalue weighted by atomic mass is 31.2. The second-order valence-corrected chi connectivity index (χ2v) is 3.83. The van der Waals surface area contributed by atoms with Gasteiger partial charge in [0.15, 0.2) is 0 Å². The van der Waals surface area contributed by atoms with Crippen LogP contribution >= 0.6 is 7.82 Å². The van der Waals surface area contributed by atoms with Crippen LogP contribution in [-0.4, -0.2) is 29.0 Å². The van der Waals surface area contributed by atoms with Crippen LogP contribution in [0.2, 0.25) is 0 Å². The van der Waals surface area contributed by atoms with Crippen LogP contribution in [0.15, 0.2) is 12.2 Å². The lowest BCUT2D eigenvalue weighted by molar-refractivity contribution is -0.139. The predicted octanol–water partition coefficient (Wildman–Crippen LogP) is 0.929. The summed E-state index contributed by atoms with van der Waals surface area (Å²) in [6, 6.07) is 0. The van der Waals surface area contributed by atoms with Crippen LogP contribution in [0.3, 0.4) is 0 Å². The average molecular weight is 258 g/mol. The van der Waals surface area contributed by atoms with E-state index in [0.29, 0.717) is 0 Å². The third kappa shape index (κ3) is 13.2. The van der Waals surface area contributed by atoms with Crippen LogP contribution < -0.4 is 12.3 Å². The maximum absolute atomic E-state index is 10.8. The zero-order valence-corrected chi connectivity index (χ0v) is 10.1. The number of phosphoric acid groups is 1. The molecule has 0 spiro atoms. The summed E-state index contributed by atoms with van der Waals surface area (Å²) in [5, 5.41) is 0. The van der Waals surface area contributed by atoms with Gasteiger partial charge in [-0.2, -0.15) is 0 Å². The molecule has 0 aliphatic rings. The van der Waals surface area contributed by atoms with Gasteiger partial charge < -0.3 is 26.8 Å². The number of hydrogen-bond acceptors (Lipinski definition) is 6. The average Bonchev–Trinajstić information content (AvgIpc) is 2.01. The summed E-state index contributed by atoms with van der Waals surface area (Å²) in [5.74, 6) is -0.527. The number of hydrogen-bond donors (Lipinski definition) is 4. The van der Waals surface area contributed by atoms with Gasteiger partial charge in [-0.25, -0.2) is 9.36 Å². The zero-order chi connectivity index (χ0) is 11.2. The van der Waals surface area contributed by atoms with Gasteiger partial charge in [0.2, 0.25) is 0 Å². The second kappa shape index (κ2) is 9.46. The van der Waals surface area contributed by atoms with E-state index in [1.807, 2.05) is 0 Å². The SMILES string of the molecule is C=C(C)C(=O)OCCCOP(=O)(O)O.N.N.